The maximum absolute atomic E-state index is 11.9. The van der Waals surface area contributed by atoms with Gasteiger partial charge < -0.3 is 0 Å². The molecule has 26 heavy (non-hydrogen) atoms. The Morgan fingerprint density at radius 1 is 0.692 bits per heavy atom. The summed E-state index contributed by atoms with van der Waals surface area (Å²) in [6.07, 6.45) is 16.6. The van der Waals surface area contributed by atoms with E-state index >= 15 is 0 Å². The van der Waals surface area contributed by atoms with E-state index in [0.29, 0.717) is 0 Å². The summed E-state index contributed by atoms with van der Waals surface area (Å²) in [5.41, 5.74) is 0. The lowest BCUT2D eigenvalue weighted by Crippen LogP contribution is -2.07. The Bertz CT molecular complexity index is 517. The third-order valence-electron chi connectivity index (χ3n) is 4.52. The lowest BCUT2D eigenvalue weighted by Gasteiger charge is -2.06. The first-order valence-corrected chi connectivity index (χ1v) is 11.5. The van der Waals surface area contributed by atoms with Crippen LogP contribution in [0, 0.1) is 0 Å². The second-order valence-corrected chi connectivity index (χ2v) is 8.45. The molecule has 0 saturated carbocycles. The highest BCUT2D eigenvalue weighted by Crippen LogP contribution is 2.14. The molecule has 148 valence electrons. The lowest BCUT2D eigenvalue weighted by molar-refractivity contribution is 0.306. The van der Waals surface area contributed by atoms with Crippen LogP contribution in [-0.2, 0) is 14.3 Å². The minimum absolute atomic E-state index is 0. The molecule has 0 aliphatic carbocycles. The van der Waals surface area contributed by atoms with Crippen LogP contribution < -0.4 is 0 Å². The van der Waals surface area contributed by atoms with E-state index in [4.69, 9.17) is 4.18 Å². The molecule has 0 saturated heterocycles. The number of benzene rings is 1. The van der Waals surface area contributed by atoms with E-state index in [1.165, 1.54) is 70.6 Å². The standard InChI is InChI=1S/C21H36O3S.Mg.2H/c1-2-3-4-5-6-7-8-9-10-11-12-13-17-20-24-25(22,23)21-18-15-14-16-19-21;;;/h14-16,18-19H,2-13,17,20H2,1H3;;;. The Kier molecular flexibility index (Phi) is 17.0. The molecule has 0 fully saturated rings. The topological polar surface area (TPSA) is 43.4 Å². The van der Waals surface area contributed by atoms with Gasteiger partial charge in [-0.05, 0) is 18.6 Å². The zero-order valence-electron chi connectivity index (χ0n) is 15.9. The van der Waals surface area contributed by atoms with Gasteiger partial charge in [0.2, 0.25) is 0 Å². The average Bonchev–Trinajstić information content (AvgIpc) is 2.63. The summed E-state index contributed by atoms with van der Waals surface area (Å²) in [4.78, 5) is 0.240. The number of hydrogen-bond donors (Lipinski definition) is 0. The van der Waals surface area contributed by atoms with Crippen molar-refractivity contribution < 1.29 is 12.6 Å². The van der Waals surface area contributed by atoms with Gasteiger partial charge in [-0.25, -0.2) is 0 Å². The predicted molar refractivity (Wildman–Crippen MR) is 114 cm³/mol. The van der Waals surface area contributed by atoms with Gasteiger partial charge in [0.1, 0.15) is 0 Å². The monoisotopic (exact) mass is 394 g/mol. The molecule has 0 bridgehead atoms. The predicted octanol–water partition coefficient (Wildman–Crippen LogP) is 5.57. The Morgan fingerprint density at radius 3 is 1.58 bits per heavy atom. The molecular weight excluding hydrogens is 357 g/mol. The Hall–Kier alpha value is -0.104. The summed E-state index contributed by atoms with van der Waals surface area (Å²) in [6.45, 7) is 2.54. The summed E-state index contributed by atoms with van der Waals surface area (Å²) in [5.74, 6) is 0. The molecule has 5 heteroatoms. The molecule has 1 rings (SSSR count). The summed E-state index contributed by atoms with van der Waals surface area (Å²) < 4.78 is 28.9. The van der Waals surface area contributed by atoms with Gasteiger partial charge in [0.25, 0.3) is 10.1 Å². The molecule has 0 amide bonds. The van der Waals surface area contributed by atoms with E-state index in [1.54, 1.807) is 30.3 Å². The highest BCUT2D eigenvalue weighted by atomic mass is 32.2. The van der Waals surface area contributed by atoms with Gasteiger partial charge in [-0.15, -0.1) is 0 Å². The molecule has 1 aromatic carbocycles. The molecule has 0 atom stereocenters. The SMILES string of the molecule is CCCCCCCCCCCCCCCOS(=O)(=O)c1ccccc1.[MgH2]. The van der Waals surface area contributed by atoms with Gasteiger partial charge in [0.15, 0.2) is 0 Å². The summed E-state index contributed by atoms with van der Waals surface area (Å²) in [7, 11) is -3.58. The zero-order valence-corrected chi connectivity index (χ0v) is 16.7. The van der Waals surface area contributed by atoms with Crippen LogP contribution in [0.5, 0.6) is 0 Å². The van der Waals surface area contributed by atoms with Gasteiger partial charge in [-0.3, -0.25) is 4.18 Å². The van der Waals surface area contributed by atoms with Crippen LogP contribution in [0.2, 0.25) is 0 Å². The van der Waals surface area contributed by atoms with Gasteiger partial charge in [0, 0.05) is 0 Å². The Labute approximate surface area is 177 Å². The molecule has 0 radical (unpaired) electrons. The molecule has 0 unspecified atom stereocenters. The van der Waals surface area contributed by atoms with E-state index in [-0.39, 0.29) is 34.6 Å². The van der Waals surface area contributed by atoms with Crippen molar-refractivity contribution in [2.45, 2.75) is 95.3 Å². The van der Waals surface area contributed by atoms with E-state index < -0.39 is 10.1 Å². The second-order valence-electron chi connectivity index (χ2n) is 6.83. The molecule has 0 aromatic heterocycles. The second kappa shape index (κ2) is 17.0. The maximum Gasteiger partial charge on any atom is 0.316 e. The summed E-state index contributed by atoms with van der Waals surface area (Å²) in [5, 5.41) is 0. The van der Waals surface area contributed by atoms with Crippen molar-refractivity contribution in [2.75, 3.05) is 6.61 Å². The van der Waals surface area contributed by atoms with Crippen LogP contribution in [0.3, 0.4) is 0 Å². The molecule has 0 N–H and O–H groups in total. The van der Waals surface area contributed by atoms with Crippen LogP contribution in [0.1, 0.15) is 90.4 Å². The van der Waals surface area contributed by atoms with Crippen molar-refractivity contribution in [3.8, 4) is 0 Å². The zero-order chi connectivity index (χ0) is 18.2. The average molecular weight is 395 g/mol. The van der Waals surface area contributed by atoms with Crippen molar-refractivity contribution in [1.29, 1.82) is 0 Å². The van der Waals surface area contributed by atoms with Crippen LogP contribution in [0.25, 0.3) is 0 Å². The summed E-state index contributed by atoms with van der Waals surface area (Å²) >= 11 is 0. The number of hydrogen-bond acceptors (Lipinski definition) is 3. The minimum Gasteiger partial charge on any atom is -0.266 e. The van der Waals surface area contributed by atoms with Crippen molar-refractivity contribution in [2.24, 2.45) is 0 Å². The van der Waals surface area contributed by atoms with Crippen molar-refractivity contribution in [3.05, 3.63) is 30.3 Å². The smallest absolute Gasteiger partial charge is 0.266 e. The van der Waals surface area contributed by atoms with E-state index in [9.17, 15) is 8.42 Å². The van der Waals surface area contributed by atoms with E-state index in [2.05, 4.69) is 6.92 Å². The first kappa shape index (κ1) is 25.9. The molecule has 0 spiro atoms. The first-order valence-electron chi connectivity index (χ1n) is 10.1. The Balaban J connectivity index is 0.00000625. The largest absolute Gasteiger partial charge is 0.316 e. The fraction of sp³-hybridized carbons (Fsp3) is 0.714. The van der Waals surface area contributed by atoms with Crippen LogP contribution in [-0.4, -0.2) is 38.1 Å². The molecule has 3 nitrogen and oxygen atoms in total. The first-order chi connectivity index (χ1) is 12.2. The summed E-state index contributed by atoms with van der Waals surface area (Å²) in [6, 6.07) is 8.35. The quantitative estimate of drug-likeness (QED) is 0.209. The van der Waals surface area contributed by atoms with Crippen LogP contribution in [0.4, 0.5) is 0 Å². The van der Waals surface area contributed by atoms with Crippen LogP contribution >= 0.6 is 0 Å². The van der Waals surface area contributed by atoms with E-state index in [1.807, 2.05) is 0 Å². The Morgan fingerprint density at radius 2 is 1.12 bits per heavy atom. The molecule has 0 heterocycles. The third-order valence-corrected chi connectivity index (χ3v) is 5.84. The number of unbranched alkanes of at least 4 members (excludes halogenated alkanes) is 12. The molecule has 0 aliphatic rings. The van der Waals surface area contributed by atoms with Crippen LogP contribution in [0.15, 0.2) is 35.2 Å². The van der Waals surface area contributed by atoms with Gasteiger partial charge in [-0.1, -0.05) is 102 Å². The molecule has 1 aromatic rings. The number of rotatable bonds is 16. The van der Waals surface area contributed by atoms with Crippen molar-refractivity contribution in [1.82, 2.24) is 0 Å². The normalized spacial score (nSPS) is 11.3. The molecule has 0 aliphatic heterocycles. The highest BCUT2D eigenvalue weighted by Gasteiger charge is 2.13. The fourth-order valence-electron chi connectivity index (χ4n) is 2.94. The van der Waals surface area contributed by atoms with Crippen molar-refractivity contribution in [3.63, 3.8) is 0 Å². The fourth-order valence-corrected chi connectivity index (χ4v) is 3.91. The van der Waals surface area contributed by atoms with Gasteiger partial charge in [0.05, 0.1) is 11.5 Å². The van der Waals surface area contributed by atoms with E-state index in [0.717, 1.165) is 12.8 Å². The minimum atomic E-state index is -3.58. The molecular formula is C21H38MgO3S. The van der Waals surface area contributed by atoms with Gasteiger partial charge >= 0.3 is 23.1 Å². The lowest BCUT2D eigenvalue weighted by atomic mass is 10.0. The van der Waals surface area contributed by atoms with Gasteiger partial charge in [-0.2, -0.15) is 8.42 Å². The maximum atomic E-state index is 11.9. The van der Waals surface area contributed by atoms with Crippen molar-refractivity contribution >= 4 is 33.2 Å². The third kappa shape index (κ3) is 13.1. The highest BCUT2D eigenvalue weighted by molar-refractivity contribution is 7.86.